The summed E-state index contributed by atoms with van der Waals surface area (Å²) in [5.41, 5.74) is 0. The van der Waals surface area contributed by atoms with Crippen molar-refractivity contribution in [1.82, 2.24) is 10.6 Å². The van der Waals surface area contributed by atoms with Gasteiger partial charge in [-0.25, -0.2) is 0 Å². The summed E-state index contributed by atoms with van der Waals surface area (Å²) in [6, 6.07) is 0. The van der Waals surface area contributed by atoms with Gasteiger partial charge in [0.1, 0.15) is 6.17 Å². The van der Waals surface area contributed by atoms with Crippen molar-refractivity contribution in [2.24, 2.45) is 0 Å². The summed E-state index contributed by atoms with van der Waals surface area (Å²) in [6.45, 7) is 4.14. The number of hydrogen-bond acceptors (Lipinski definition) is 2. The van der Waals surface area contributed by atoms with Gasteiger partial charge in [-0.1, -0.05) is 48.1 Å². The van der Waals surface area contributed by atoms with Gasteiger partial charge < -0.3 is 5.32 Å². The molecule has 0 rings (SSSR count). The molecule has 0 saturated heterocycles. The fourth-order valence-corrected chi connectivity index (χ4v) is 1.27. The van der Waals surface area contributed by atoms with Crippen LogP contribution in [0.3, 0.4) is 0 Å². The van der Waals surface area contributed by atoms with Gasteiger partial charge in [-0.15, -0.1) is 0 Å². The summed E-state index contributed by atoms with van der Waals surface area (Å²) >= 11 is 17.0. The molecule has 0 fully saturated rings. The van der Waals surface area contributed by atoms with Gasteiger partial charge in [-0.05, 0) is 13.0 Å². The number of alkyl halides is 3. The number of rotatable bonds is 5. The minimum absolute atomic E-state index is 0.231. The van der Waals surface area contributed by atoms with E-state index in [4.69, 9.17) is 34.8 Å². The molecular weight excluding hydrogens is 246 g/mol. The van der Waals surface area contributed by atoms with Crippen LogP contribution in [-0.4, -0.2) is 22.4 Å². The largest absolute Gasteiger partial charge is 0.337 e. The zero-order valence-electron chi connectivity index (χ0n) is 8.24. The van der Waals surface area contributed by atoms with Gasteiger partial charge in [0.2, 0.25) is 9.70 Å². The molecule has 1 atom stereocenters. The molecular formula is C8H15Cl3N2O. The molecule has 0 aliphatic rings. The molecule has 0 aliphatic heterocycles. The lowest BCUT2D eigenvalue weighted by atomic mass is 10.3. The van der Waals surface area contributed by atoms with Gasteiger partial charge in [-0.3, -0.25) is 10.1 Å². The summed E-state index contributed by atoms with van der Waals surface area (Å²) in [5, 5.41) is 5.50. The lowest BCUT2D eigenvalue weighted by Crippen LogP contribution is -2.53. The van der Waals surface area contributed by atoms with Crippen LogP contribution in [0.4, 0.5) is 0 Å². The Morgan fingerprint density at radius 3 is 2.36 bits per heavy atom. The Hall–Kier alpha value is 0.300. The number of unbranched alkanes of at least 4 members (excludes halogenated alkanes) is 1. The minimum Gasteiger partial charge on any atom is -0.337 e. The zero-order valence-corrected chi connectivity index (χ0v) is 10.5. The molecule has 84 valence electrons. The van der Waals surface area contributed by atoms with Crippen molar-refractivity contribution < 1.29 is 4.79 Å². The van der Waals surface area contributed by atoms with Crippen molar-refractivity contribution in [3.05, 3.63) is 0 Å². The maximum absolute atomic E-state index is 10.8. The van der Waals surface area contributed by atoms with Crippen molar-refractivity contribution in [1.29, 1.82) is 0 Å². The summed E-state index contributed by atoms with van der Waals surface area (Å²) in [5.74, 6) is -0.231. The summed E-state index contributed by atoms with van der Waals surface area (Å²) < 4.78 is -1.53. The number of carbonyl (C=O) groups excluding carboxylic acids is 1. The average Bonchev–Trinajstić information content (AvgIpc) is 2.00. The molecule has 0 bridgehead atoms. The first kappa shape index (κ1) is 14.3. The Morgan fingerprint density at radius 1 is 1.43 bits per heavy atom. The predicted molar refractivity (Wildman–Crippen MR) is 60.8 cm³/mol. The first-order valence-corrected chi connectivity index (χ1v) is 5.58. The van der Waals surface area contributed by atoms with Gasteiger partial charge in [0.25, 0.3) is 0 Å². The molecule has 0 aromatic heterocycles. The predicted octanol–water partition coefficient (Wildman–Crippen LogP) is 2.21. The van der Waals surface area contributed by atoms with E-state index in [1.807, 2.05) is 0 Å². The summed E-state index contributed by atoms with van der Waals surface area (Å²) in [4.78, 5) is 10.8. The molecule has 0 heterocycles. The third-order valence-corrected chi connectivity index (χ3v) is 2.21. The number of hydrogen-bond donors (Lipinski definition) is 2. The lowest BCUT2D eigenvalue weighted by Gasteiger charge is -2.25. The van der Waals surface area contributed by atoms with E-state index in [0.29, 0.717) is 6.54 Å². The lowest BCUT2D eigenvalue weighted by molar-refractivity contribution is -0.119. The highest BCUT2D eigenvalue weighted by atomic mass is 35.6. The van der Waals surface area contributed by atoms with Crippen LogP contribution < -0.4 is 10.6 Å². The van der Waals surface area contributed by atoms with Crippen LogP contribution in [0.5, 0.6) is 0 Å². The molecule has 2 N–H and O–H groups in total. The van der Waals surface area contributed by atoms with Crippen LogP contribution in [0.2, 0.25) is 0 Å². The third-order valence-electron chi connectivity index (χ3n) is 1.55. The molecule has 0 aliphatic carbocycles. The summed E-state index contributed by atoms with van der Waals surface area (Å²) in [6.07, 6.45) is 1.37. The maximum Gasteiger partial charge on any atom is 0.223 e. The number of amides is 1. The molecule has 0 saturated carbocycles. The second-order valence-electron chi connectivity index (χ2n) is 2.98. The van der Waals surface area contributed by atoms with E-state index < -0.39 is 9.96 Å². The Morgan fingerprint density at radius 2 is 2.00 bits per heavy atom. The van der Waals surface area contributed by atoms with Crippen molar-refractivity contribution >= 4 is 40.7 Å². The van der Waals surface area contributed by atoms with Gasteiger partial charge >= 0.3 is 0 Å². The van der Waals surface area contributed by atoms with Gasteiger partial charge in [0, 0.05) is 6.92 Å². The number of halogens is 3. The Labute approximate surface area is 99.5 Å². The topological polar surface area (TPSA) is 41.1 Å². The highest BCUT2D eigenvalue weighted by Gasteiger charge is 2.32. The smallest absolute Gasteiger partial charge is 0.223 e. The van der Waals surface area contributed by atoms with Crippen molar-refractivity contribution in [2.75, 3.05) is 6.54 Å². The standard InChI is InChI=1S/C8H15Cl3N2O/c1-3-4-5-12-7(8(9,10)11)13-6(2)14/h7,12H,3-5H2,1-2H3,(H,13,14)/t7-/m1/s1. The quantitative estimate of drug-likeness (QED) is 0.453. The van der Waals surface area contributed by atoms with E-state index in [1.165, 1.54) is 6.92 Å². The van der Waals surface area contributed by atoms with Gasteiger partial charge in [0.05, 0.1) is 0 Å². The van der Waals surface area contributed by atoms with E-state index >= 15 is 0 Å². The van der Waals surface area contributed by atoms with Crippen molar-refractivity contribution in [2.45, 2.75) is 36.6 Å². The molecule has 1 amide bonds. The van der Waals surface area contributed by atoms with Crippen LogP contribution in [0.25, 0.3) is 0 Å². The third kappa shape index (κ3) is 6.71. The molecule has 0 spiro atoms. The molecule has 0 unspecified atom stereocenters. The second kappa shape index (κ2) is 6.72. The van der Waals surface area contributed by atoms with E-state index in [-0.39, 0.29) is 5.91 Å². The van der Waals surface area contributed by atoms with Crippen LogP contribution in [0.15, 0.2) is 0 Å². The van der Waals surface area contributed by atoms with Crippen molar-refractivity contribution in [3.8, 4) is 0 Å². The van der Waals surface area contributed by atoms with Crippen LogP contribution in [0, 0.1) is 0 Å². The second-order valence-corrected chi connectivity index (χ2v) is 5.35. The first-order chi connectivity index (χ1) is 6.38. The van der Waals surface area contributed by atoms with Crippen LogP contribution >= 0.6 is 34.8 Å². The molecule has 14 heavy (non-hydrogen) atoms. The highest BCUT2D eigenvalue weighted by Crippen LogP contribution is 2.28. The molecule has 0 aromatic rings. The SMILES string of the molecule is CCCCN[C@H](NC(C)=O)C(Cl)(Cl)Cl. The Kier molecular flexibility index (Phi) is 6.87. The number of carbonyl (C=O) groups is 1. The molecule has 6 heteroatoms. The van der Waals surface area contributed by atoms with Gasteiger partial charge in [0.15, 0.2) is 0 Å². The Balaban J connectivity index is 4.05. The summed E-state index contributed by atoms with van der Waals surface area (Å²) in [7, 11) is 0. The van der Waals surface area contributed by atoms with Crippen LogP contribution in [-0.2, 0) is 4.79 Å². The molecule has 0 aromatic carbocycles. The number of nitrogens with one attached hydrogen (secondary N) is 2. The monoisotopic (exact) mass is 260 g/mol. The molecule has 0 radical (unpaired) electrons. The van der Waals surface area contributed by atoms with Crippen molar-refractivity contribution in [3.63, 3.8) is 0 Å². The first-order valence-electron chi connectivity index (χ1n) is 4.45. The van der Waals surface area contributed by atoms with Gasteiger partial charge in [-0.2, -0.15) is 0 Å². The van der Waals surface area contributed by atoms with E-state index in [1.54, 1.807) is 0 Å². The maximum atomic E-state index is 10.8. The van der Waals surface area contributed by atoms with E-state index in [2.05, 4.69) is 17.6 Å². The molecule has 3 nitrogen and oxygen atoms in total. The van der Waals surface area contributed by atoms with E-state index in [0.717, 1.165) is 12.8 Å². The minimum atomic E-state index is -1.53. The highest BCUT2D eigenvalue weighted by molar-refractivity contribution is 6.68. The van der Waals surface area contributed by atoms with Crippen LogP contribution in [0.1, 0.15) is 26.7 Å². The average molecular weight is 262 g/mol. The fraction of sp³-hybridized carbons (Fsp3) is 0.875. The van der Waals surface area contributed by atoms with E-state index in [9.17, 15) is 4.79 Å². The fourth-order valence-electron chi connectivity index (χ4n) is 0.875. The Bertz CT molecular complexity index is 182. The zero-order chi connectivity index (χ0) is 11.2. The normalized spacial score (nSPS) is 13.8.